The average Bonchev–Trinajstić information content (AvgIpc) is 3.48. The summed E-state index contributed by atoms with van der Waals surface area (Å²) in [7, 11) is 1.29. The maximum absolute atomic E-state index is 12.9. The molecule has 200 valence electrons. The number of hydrogen-bond donors (Lipinski definition) is 1. The van der Waals surface area contributed by atoms with E-state index in [0.29, 0.717) is 37.4 Å². The minimum absolute atomic E-state index is 0.0744. The number of methoxy groups -OCH3 is 1. The highest BCUT2D eigenvalue weighted by Gasteiger charge is 2.28. The quantitative estimate of drug-likeness (QED) is 0.243. The van der Waals surface area contributed by atoms with Gasteiger partial charge in [-0.1, -0.05) is 0 Å². The van der Waals surface area contributed by atoms with Gasteiger partial charge in [-0.3, -0.25) is 4.79 Å². The first kappa shape index (κ1) is 27.1. The number of H-pyrrole nitrogens is 1. The van der Waals surface area contributed by atoms with Crippen molar-refractivity contribution in [2.45, 2.75) is 59.2 Å². The smallest absolute Gasteiger partial charge is 0.435 e. The number of aromatic nitrogens is 3. The van der Waals surface area contributed by atoms with Gasteiger partial charge >= 0.3 is 18.0 Å². The zero-order valence-corrected chi connectivity index (χ0v) is 23.1. The zero-order valence-electron chi connectivity index (χ0n) is 22.3. The molecule has 0 spiro atoms. The van der Waals surface area contributed by atoms with Crippen molar-refractivity contribution in [2.75, 3.05) is 7.11 Å². The third kappa shape index (κ3) is 5.62. The van der Waals surface area contributed by atoms with E-state index in [0.717, 1.165) is 21.5 Å². The van der Waals surface area contributed by atoms with Gasteiger partial charge < -0.3 is 19.2 Å². The Morgan fingerprint density at radius 1 is 1.00 bits per heavy atom. The van der Waals surface area contributed by atoms with Crippen molar-refractivity contribution in [3.05, 3.63) is 40.8 Å². The molecule has 0 unspecified atom stereocenters. The highest BCUT2D eigenvalue weighted by atomic mass is 32.1. The molecule has 11 heteroatoms. The van der Waals surface area contributed by atoms with Gasteiger partial charge in [-0.2, -0.15) is 9.78 Å². The molecule has 0 aliphatic heterocycles. The summed E-state index contributed by atoms with van der Waals surface area (Å²) in [4.78, 5) is 53.0. The lowest BCUT2D eigenvalue weighted by Gasteiger charge is -2.23. The first-order valence-electron chi connectivity index (χ1n) is 11.9. The molecule has 0 atom stereocenters. The molecule has 0 amide bonds. The summed E-state index contributed by atoms with van der Waals surface area (Å²) in [5.41, 5.74) is 0.800. The van der Waals surface area contributed by atoms with Crippen molar-refractivity contribution in [1.29, 1.82) is 0 Å². The molecule has 0 saturated carbocycles. The lowest BCUT2D eigenvalue weighted by atomic mass is 10.0. The number of esters is 2. The van der Waals surface area contributed by atoms with E-state index >= 15 is 0 Å². The van der Waals surface area contributed by atoms with Gasteiger partial charge in [-0.25, -0.2) is 14.4 Å². The normalized spacial score (nSPS) is 12.1. The molecule has 10 nitrogen and oxygen atoms in total. The largest absolute Gasteiger partial charge is 0.465 e. The number of ether oxygens (including phenoxy) is 3. The number of aromatic amines is 1. The number of nitrogens with one attached hydrogen (secondary N) is 1. The van der Waals surface area contributed by atoms with Gasteiger partial charge in [0.2, 0.25) is 0 Å². The molecule has 3 aromatic heterocycles. The van der Waals surface area contributed by atoms with Crippen LogP contribution in [0.4, 0.5) is 4.79 Å². The molecular formula is C27H29N3O7S. The summed E-state index contributed by atoms with van der Waals surface area (Å²) in [6, 6.07) is 8.39. The van der Waals surface area contributed by atoms with Crippen molar-refractivity contribution in [3.63, 3.8) is 0 Å². The third-order valence-corrected chi connectivity index (χ3v) is 6.58. The van der Waals surface area contributed by atoms with Gasteiger partial charge in [0.25, 0.3) is 0 Å². The summed E-state index contributed by atoms with van der Waals surface area (Å²) in [5, 5.41) is 5.22. The zero-order chi connectivity index (χ0) is 28.0. The standard InChI is InChI=1S/C27H29N3O7S/c1-14(31)13-27(5,6)36-23(32)15-8-9-17-16(10-15)11-18(28-17)21-22-19(12-20(38-22)24(33)35-7)30(29-21)25(34)37-26(2,3)4/h8-12,28H,13H2,1-7H3. The Hall–Kier alpha value is -3.99. The van der Waals surface area contributed by atoms with E-state index in [9.17, 15) is 19.2 Å². The number of Topliss-reactive ketones (excluding diaryl/α,β-unsaturated/α-hetero) is 1. The van der Waals surface area contributed by atoms with E-state index in [2.05, 4.69) is 10.1 Å². The van der Waals surface area contributed by atoms with Crippen LogP contribution in [-0.2, 0) is 19.0 Å². The Labute approximate surface area is 222 Å². The molecular weight excluding hydrogens is 510 g/mol. The second kappa shape index (κ2) is 9.71. The first-order chi connectivity index (χ1) is 17.7. The Morgan fingerprint density at radius 3 is 2.34 bits per heavy atom. The number of rotatable bonds is 6. The molecule has 4 aromatic rings. The van der Waals surface area contributed by atoms with Crippen molar-refractivity contribution in [2.24, 2.45) is 0 Å². The molecule has 0 aliphatic rings. The number of benzene rings is 1. The number of hydrogen-bond acceptors (Lipinski definition) is 9. The van der Waals surface area contributed by atoms with E-state index in [1.165, 1.54) is 14.0 Å². The highest BCUT2D eigenvalue weighted by molar-refractivity contribution is 7.21. The van der Waals surface area contributed by atoms with Gasteiger partial charge in [-0.05, 0) is 71.9 Å². The van der Waals surface area contributed by atoms with E-state index in [-0.39, 0.29) is 12.2 Å². The van der Waals surface area contributed by atoms with Gasteiger partial charge in [0, 0.05) is 17.3 Å². The minimum Gasteiger partial charge on any atom is -0.465 e. The Bertz CT molecular complexity index is 1580. The van der Waals surface area contributed by atoms with E-state index in [1.807, 2.05) is 0 Å². The molecule has 0 bridgehead atoms. The monoisotopic (exact) mass is 539 g/mol. The Balaban J connectivity index is 1.75. The van der Waals surface area contributed by atoms with Crippen molar-refractivity contribution in [1.82, 2.24) is 14.8 Å². The van der Waals surface area contributed by atoms with Crippen LogP contribution >= 0.6 is 11.3 Å². The van der Waals surface area contributed by atoms with Crippen LogP contribution in [0, 0.1) is 0 Å². The maximum atomic E-state index is 12.9. The summed E-state index contributed by atoms with van der Waals surface area (Å²) in [6.07, 6.45) is -0.572. The average molecular weight is 540 g/mol. The predicted octanol–water partition coefficient (Wildman–Crippen LogP) is 5.73. The molecule has 4 rings (SSSR count). The van der Waals surface area contributed by atoms with Crippen molar-refractivity contribution < 1.29 is 33.4 Å². The molecule has 0 saturated heterocycles. The molecule has 1 aromatic carbocycles. The summed E-state index contributed by atoms with van der Waals surface area (Å²) >= 11 is 1.15. The topological polar surface area (TPSA) is 130 Å². The molecule has 38 heavy (non-hydrogen) atoms. The third-order valence-electron chi connectivity index (χ3n) is 5.46. The van der Waals surface area contributed by atoms with Crippen LogP contribution in [0.2, 0.25) is 0 Å². The lowest BCUT2D eigenvalue weighted by molar-refractivity contribution is -0.121. The second-order valence-electron chi connectivity index (χ2n) is 10.6. The van der Waals surface area contributed by atoms with Crippen molar-refractivity contribution >= 4 is 56.3 Å². The minimum atomic E-state index is -0.933. The number of carbonyl (C=O) groups excluding carboxylic acids is 4. The van der Waals surface area contributed by atoms with Gasteiger partial charge in [-0.15, -0.1) is 11.3 Å². The SMILES string of the molecule is COC(=O)c1cc2c(s1)c(-c1cc3cc(C(=O)OC(C)(C)CC(C)=O)ccc3[nH]1)nn2C(=O)OC(C)(C)C. The Morgan fingerprint density at radius 2 is 1.71 bits per heavy atom. The van der Waals surface area contributed by atoms with Gasteiger partial charge in [0.1, 0.15) is 27.6 Å². The number of carbonyl (C=O) groups is 4. The van der Waals surface area contributed by atoms with Crippen LogP contribution in [0.25, 0.3) is 32.5 Å². The van der Waals surface area contributed by atoms with E-state index in [1.54, 1.807) is 65.0 Å². The molecule has 0 radical (unpaired) electrons. The molecule has 0 fully saturated rings. The molecule has 0 aliphatic carbocycles. The van der Waals surface area contributed by atoms with Gasteiger partial charge in [0.15, 0.2) is 0 Å². The van der Waals surface area contributed by atoms with Crippen LogP contribution in [0.15, 0.2) is 30.3 Å². The number of fused-ring (bicyclic) bond motifs is 2. The van der Waals surface area contributed by atoms with Crippen molar-refractivity contribution in [3.8, 4) is 11.4 Å². The number of nitrogens with zero attached hydrogens (tertiary/aromatic N) is 2. The predicted molar refractivity (Wildman–Crippen MR) is 143 cm³/mol. The van der Waals surface area contributed by atoms with Crippen LogP contribution in [0.3, 0.4) is 0 Å². The summed E-state index contributed by atoms with van der Waals surface area (Å²) in [5.74, 6) is -1.14. The fourth-order valence-electron chi connectivity index (χ4n) is 4.06. The summed E-state index contributed by atoms with van der Waals surface area (Å²) < 4.78 is 17.6. The molecule has 1 N–H and O–H groups in total. The fourth-order valence-corrected chi connectivity index (χ4v) is 5.12. The van der Waals surface area contributed by atoms with Gasteiger partial charge in [0.05, 0.1) is 28.6 Å². The van der Waals surface area contributed by atoms with Crippen LogP contribution in [0.1, 0.15) is 68.0 Å². The van der Waals surface area contributed by atoms with Crippen LogP contribution in [-0.4, -0.2) is 56.9 Å². The summed E-state index contributed by atoms with van der Waals surface area (Å²) in [6.45, 7) is 10.1. The first-order valence-corrected chi connectivity index (χ1v) is 12.7. The lowest BCUT2D eigenvalue weighted by Crippen LogP contribution is -2.30. The van der Waals surface area contributed by atoms with Crippen LogP contribution in [0.5, 0.6) is 0 Å². The maximum Gasteiger partial charge on any atom is 0.435 e. The Kier molecular flexibility index (Phi) is 6.92. The second-order valence-corrected chi connectivity index (χ2v) is 11.6. The molecule has 3 heterocycles. The van der Waals surface area contributed by atoms with Crippen LogP contribution < -0.4 is 0 Å². The van der Waals surface area contributed by atoms with E-state index in [4.69, 9.17) is 14.2 Å². The highest BCUT2D eigenvalue weighted by Crippen LogP contribution is 2.36. The van der Waals surface area contributed by atoms with E-state index < -0.39 is 29.2 Å². The fraction of sp³-hybridized carbons (Fsp3) is 0.370. The number of ketones is 1. The number of thiophene rings is 1.